The van der Waals surface area contributed by atoms with Gasteiger partial charge in [0.1, 0.15) is 5.82 Å². The molecule has 1 aliphatic carbocycles. The standard InChI is InChI=1S/C31H33FN4O/c1-22-19-26(11-14-30(22)32)34-31(37)36(29-15-17-35(18-16-29)27-7-2-3-8-27)28-12-9-24(10-13-28)25-6-4-5-23(20-25)21-33/h4-6,9-14,19-20,27,29H,2-3,7-8,15-18H2,1H3,(H,34,37). The number of piperidine rings is 1. The van der Waals surface area contributed by atoms with Gasteiger partial charge in [0.25, 0.3) is 0 Å². The second-order valence-electron chi connectivity index (χ2n) is 10.2. The molecule has 2 aliphatic rings. The van der Waals surface area contributed by atoms with Crippen LogP contribution in [0.3, 0.4) is 0 Å². The minimum absolute atomic E-state index is 0.0759. The molecule has 1 aliphatic heterocycles. The molecule has 0 bridgehead atoms. The zero-order valence-electron chi connectivity index (χ0n) is 21.3. The molecule has 0 atom stereocenters. The summed E-state index contributed by atoms with van der Waals surface area (Å²) >= 11 is 0. The number of carbonyl (C=O) groups excluding carboxylic acids is 1. The Hall–Kier alpha value is -3.69. The van der Waals surface area contributed by atoms with E-state index in [0.717, 1.165) is 42.7 Å². The van der Waals surface area contributed by atoms with Crippen molar-refractivity contribution in [1.82, 2.24) is 4.90 Å². The number of hydrogen-bond donors (Lipinski definition) is 1. The van der Waals surface area contributed by atoms with Crippen molar-refractivity contribution in [1.29, 1.82) is 5.26 Å². The van der Waals surface area contributed by atoms with E-state index in [4.69, 9.17) is 0 Å². The minimum Gasteiger partial charge on any atom is -0.308 e. The van der Waals surface area contributed by atoms with Crippen molar-refractivity contribution in [2.75, 3.05) is 23.3 Å². The van der Waals surface area contributed by atoms with E-state index in [9.17, 15) is 14.4 Å². The Morgan fingerprint density at radius 1 is 0.973 bits per heavy atom. The van der Waals surface area contributed by atoms with Crippen molar-refractivity contribution in [3.05, 3.63) is 83.7 Å². The Kier molecular flexibility index (Phi) is 7.52. The monoisotopic (exact) mass is 496 g/mol. The average molecular weight is 497 g/mol. The zero-order valence-corrected chi connectivity index (χ0v) is 21.3. The first kappa shape index (κ1) is 25.0. The number of amides is 2. The molecule has 0 aromatic heterocycles. The molecule has 0 unspecified atom stereocenters. The Bertz CT molecular complexity index is 1290. The third-order valence-corrected chi connectivity index (χ3v) is 7.80. The van der Waals surface area contributed by atoms with Gasteiger partial charge < -0.3 is 10.2 Å². The first-order valence-electron chi connectivity index (χ1n) is 13.2. The summed E-state index contributed by atoms with van der Waals surface area (Å²) in [6.07, 6.45) is 7.04. The Labute approximate surface area is 218 Å². The van der Waals surface area contributed by atoms with Crippen molar-refractivity contribution in [3.8, 4) is 17.2 Å². The molecule has 0 spiro atoms. The van der Waals surface area contributed by atoms with Crippen LogP contribution in [-0.2, 0) is 0 Å². The maximum Gasteiger partial charge on any atom is 0.326 e. The first-order valence-corrected chi connectivity index (χ1v) is 13.2. The molecule has 1 saturated heterocycles. The second-order valence-corrected chi connectivity index (χ2v) is 10.2. The molecule has 1 heterocycles. The minimum atomic E-state index is -0.287. The van der Waals surface area contributed by atoms with Crippen molar-refractivity contribution in [2.24, 2.45) is 0 Å². The van der Waals surface area contributed by atoms with Gasteiger partial charge in [0.2, 0.25) is 0 Å². The lowest BCUT2D eigenvalue weighted by Crippen LogP contribution is -2.50. The second kappa shape index (κ2) is 11.1. The van der Waals surface area contributed by atoms with Gasteiger partial charge in [-0.2, -0.15) is 5.26 Å². The number of benzene rings is 3. The van der Waals surface area contributed by atoms with Crippen LogP contribution in [-0.4, -0.2) is 36.1 Å². The van der Waals surface area contributed by atoms with E-state index >= 15 is 0 Å². The summed E-state index contributed by atoms with van der Waals surface area (Å²) in [7, 11) is 0. The van der Waals surface area contributed by atoms with E-state index in [0.29, 0.717) is 22.9 Å². The lowest BCUT2D eigenvalue weighted by atomic mass is 9.99. The number of nitrogens with one attached hydrogen (secondary N) is 1. The Morgan fingerprint density at radius 2 is 1.70 bits per heavy atom. The third-order valence-electron chi connectivity index (χ3n) is 7.80. The lowest BCUT2D eigenvalue weighted by Gasteiger charge is -2.40. The topological polar surface area (TPSA) is 59.4 Å². The molecule has 190 valence electrons. The predicted octanol–water partition coefficient (Wildman–Crippen LogP) is 7.12. The molecule has 0 radical (unpaired) electrons. The van der Waals surface area contributed by atoms with E-state index in [1.54, 1.807) is 25.1 Å². The lowest BCUT2D eigenvalue weighted by molar-refractivity contribution is 0.153. The molecule has 2 amide bonds. The zero-order chi connectivity index (χ0) is 25.8. The van der Waals surface area contributed by atoms with Gasteiger partial charge in [-0.25, -0.2) is 9.18 Å². The van der Waals surface area contributed by atoms with Crippen molar-refractivity contribution >= 4 is 17.4 Å². The normalized spacial score (nSPS) is 16.9. The van der Waals surface area contributed by atoms with E-state index < -0.39 is 0 Å². The number of urea groups is 1. The summed E-state index contributed by atoms with van der Waals surface area (Å²) in [5.41, 5.74) is 4.49. The largest absolute Gasteiger partial charge is 0.326 e. The number of anilines is 2. The predicted molar refractivity (Wildman–Crippen MR) is 146 cm³/mol. The van der Waals surface area contributed by atoms with Gasteiger partial charge in [0, 0.05) is 36.5 Å². The summed E-state index contributed by atoms with van der Waals surface area (Å²) in [5, 5.41) is 12.3. The van der Waals surface area contributed by atoms with E-state index in [1.165, 1.54) is 31.7 Å². The number of nitrogens with zero attached hydrogens (tertiary/aromatic N) is 3. The maximum atomic E-state index is 13.8. The smallest absolute Gasteiger partial charge is 0.308 e. The fourth-order valence-electron chi connectivity index (χ4n) is 5.76. The number of carbonyl (C=O) groups is 1. The van der Waals surface area contributed by atoms with Crippen molar-refractivity contribution < 1.29 is 9.18 Å². The molecule has 3 aromatic rings. The molecular formula is C31H33FN4O. The van der Waals surface area contributed by atoms with Crippen molar-refractivity contribution in [3.63, 3.8) is 0 Å². The highest BCUT2D eigenvalue weighted by molar-refractivity contribution is 6.02. The molecule has 37 heavy (non-hydrogen) atoms. The van der Waals surface area contributed by atoms with Crippen LogP contribution in [0.4, 0.5) is 20.6 Å². The summed E-state index contributed by atoms with van der Waals surface area (Å²) < 4.78 is 13.8. The van der Waals surface area contributed by atoms with Gasteiger partial charge in [-0.3, -0.25) is 4.90 Å². The van der Waals surface area contributed by atoms with Crippen LogP contribution in [0.1, 0.15) is 49.7 Å². The van der Waals surface area contributed by atoms with E-state index in [2.05, 4.69) is 16.3 Å². The van der Waals surface area contributed by atoms with Gasteiger partial charge in [0.05, 0.1) is 11.6 Å². The molecule has 5 rings (SSSR count). The molecule has 6 heteroatoms. The van der Waals surface area contributed by atoms with E-state index in [-0.39, 0.29) is 17.9 Å². The highest BCUT2D eigenvalue weighted by Crippen LogP contribution is 2.31. The van der Waals surface area contributed by atoms with Crippen LogP contribution >= 0.6 is 0 Å². The average Bonchev–Trinajstić information content (AvgIpc) is 3.47. The van der Waals surface area contributed by atoms with Gasteiger partial charge in [0.15, 0.2) is 0 Å². The molecule has 3 aromatic carbocycles. The molecule has 2 fully saturated rings. The molecule has 1 N–H and O–H groups in total. The van der Waals surface area contributed by atoms with E-state index in [1.807, 2.05) is 47.4 Å². The van der Waals surface area contributed by atoms with Crippen LogP contribution in [0.25, 0.3) is 11.1 Å². The number of rotatable bonds is 5. The molecular weight excluding hydrogens is 463 g/mol. The van der Waals surface area contributed by atoms with Crippen LogP contribution < -0.4 is 10.2 Å². The summed E-state index contributed by atoms with van der Waals surface area (Å²) in [5.74, 6) is -0.287. The SMILES string of the molecule is Cc1cc(NC(=O)N(c2ccc(-c3cccc(C#N)c3)cc2)C2CCN(C3CCCC3)CC2)ccc1F. The first-order chi connectivity index (χ1) is 18.0. The van der Waals surface area contributed by atoms with Gasteiger partial charge >= 0.3 is 6.03 Å². The highest BCUT2D eigenvalue weighted by Gasteiger charge is 2.32. The molecule has 5 nitrogen and oxygen atoms in total. The molecule has 1 saturated carbocycles. The Balaban J connectivity index is 1.39. The van der Waals surface area contributed by atoms with Gasteiger partial charge in [-0.15, -0.1) is 0 Å². The van der Waals surface area contributed by atoms with Crippen LogP contribution in [0.2, 0.25) is 0 Å². The number of halogens is 1. The number of likely N-dealkylation sites (tertiary alicyclic amines) is 1. The van der Waals surface area contributed by atoms with Crippen molar-refractivity contribution in [2.45, 2.75) is 57.5 Å². The quantitative estimate of drug-likeness (QED) is 0.409. The Morgan fingerprint density at radius 3 is 2.38 bits per heavy atom. The van der Waals surface area contributed by atoms with Crippen LogP contribution in [0, 0.1) is 24.1 Å². The summed E-state index contributed by atoms with van der Waals surface area (Å²) in [4.78, 5) is 18.1. The van der Waals surface area contributed by atoms with Crippen LogP contribution in [0.5, 0.6) is 0 Å². The third kappa shape index (κ3) is 5.68. The van der Waals surface area contributed by atoms with Gasteiger partial charge in [-0.1, -0.05) is 37.1 Å². The number of hydrogen-bond acceptors (Lipinski definition) is 3. The summed E-state index contributed by atoms with van der Waals surface area (Å²) in [6, 6.07) is 22.9. The summed E-state index contributed by atoms with van der Waals surface area (Å²) in [6.45, 7) is 3.68. The van der Waals surface area contributed by atoms with Gasteiger partial charge in [-0.05, 0) is 91.8 Å². The number of nitriles is 1. The number of aryl methyl sites for hydroxylation is 1. The maximum absolute atomic E-state index is 13.8. The van der Waals surface area contributed by atoms with Crippen LogP contribution in [0.15, 0.2) is 66.7 Å². The fourth-order valence-corrected chi connectivity index (χ4v) is 5.76. The fraction of sp³-hybridized carbons (Fsp3) is 0.355. The highest BCUT2D eigenvalue weighted by atomic mass is 19.1.